The molecule has 3 aromatic rings. The third kappa shape index (κ3) is 3.74. The van der Waals surface area contributed by atoms with E-state index in [2.05, 4.69) is 10.1 Å². The third-order valence-electron chi connectivity index (χ3n) is 5.91. The van der Waals surface area contributed by atoms with Gasteiger partial charge in [-0.05, 0) is 18.2 Å². The van der Waals surface area contributed by atoms with E-state index in [0.717, 1.165) is 12.1 Å². The van der Waals surface area contributed by atoms with Crippen LogP contribution < -0.4 is 9.64 Å². The molecular formula is C23H21F3N4O3. The van der Waals surface area contributed by atoms with Crippen LogP contribution in [0.15, 0.2) is 36.5 Å². The lowest BCUT2D eigenvalue weighted by molar-refractivity contribution is -0.142. The molecule has 0 aliphatic carbocycles. The van der Waals surface area contributed by atoms with Gasteiger partial charge in [0.1, 0.15) is 5.75 Å². The fraction of sp³-hybridized carbons (Fsp3) is 0.348. The van der Waals surface area contributed by atoms with Crippen molar-refractivity contribution in [2.24, 2.45) is 0 Å². The second-order valence-corrected chi connectivity index (χ2v) is 8.19. The molecule has 1 atom stereocenters. The van der Waals surface area contributed by atoms with E-state index in [1.807, 2.05) is 0 Å². The standard InChI is InChI=1S/C23H21F3N4O3/c1-13-11-32-12-17-20(13)30(28-21(17)23(24,25)26)15-5-3-4-14(8-15)22(31)29(2)16-9-19-18(27-10-16)6-7-33-19/h3-5,8-10,13H,6-7,11-12H2,1-2H3. The summed E-state index contributed by atoms with van der Waals surface area (Å²) in [6.45, 7) is 2.50. The molecule has 7 nitrogen and oxygen atoms in total. The highest BCUT2D eigenvalue weighted by Crippen LogP contribution is 2.38. The van der Waals surface area contributed by atoms with Crippen molar-refractivity contribution in [2.45, 2.75) is 32.0 Å². The van der Waals surface area contributed by atoms with Gasteiger partial charge >= 0.3 is 6.18 Å². The number of nitrogens with zero attached hydrogens (tertiary/aromatic N) is 4. The summed E-state index contributed by atoms with van der Waals surface area (Å²) in [5.74, 6) is 0.0434. The molecule has 0 saturated carbocycles. The molecule has 10 heteroatoms. The quantitative estimate of drug-likeness (QED) is 0.590. The topological polar surface area (TPSA) is 69.5 Å². The minimum Gasteiger partial charge on any atom is -0.491 e. The Morgan fingerprint density at radius 2 is 2.09 bits per heavy atom. The van der Waals surface area contributed by atoms with Crippen LogP contribution in [0.1, 0.15) is 45.8 Å². The minimum absolute atomic E-state index is 0.0410. The predicted octanol–water partition coefficient (Wildman–Crippen LogP) is 4.13. The third-order valence-corrected chi connectivity index (χ3v) is 5.91. The Morgan fingerprint density at radius 3 is 2.88 bits per heavy atom. The van der Waals surface area contributed by atoms with E-state index in [-0.39, 0.29) is 24.0 Å². The number of pyridine rings is 1. The molecule has 0 spiro atoms. The Balaban J connectivity index is 1.51. The zero-order valence-corrected chi connectivity index (χ0v) is 18.0. The van der Waals surface area contributed by atoms with Crippen LogP contribution in [-0.2, 0) is 23.9 Å². The predicted molar refractivity (Wildman–Crippen MR) is 113 cm³/mol. The number of aromatic nitrogens is 3. The highest BCUT2D eigenvalue weighted by molar-refractivity contribution is 6.06. The maximum Gasteiger partial charge on any atom is 0.435 e. The van der Waals surface area contributed by atoms with Crippen LogP contribution in [0, 0.1) is 0 Å². The van der Waals surface area contributed by atoms with Crippen molar-refractivity contribution < 1.29 is 27.4 Å². The van der Waals surface area contributed by atoms with Gasteiger partial charge in [0, 0.05) is 36.6 Å². The number of hydrogen-bond acceptors (Lipinski definition) is 5. The number of ether oxygens (including phenoxy) is 2. The molecule has 1 aromatic carbocycles. The van der Waals surface area contributed by atoms with Gasteiger partial charge in [-0.15, -0.1) is 0 Å². The highest BCUT2D eigenvalue weighted by Gasteiger charge is 2.41. The Kier molecular flexibility index (Phi) is 5.12. The van der Waals surface area contributed by atoms with E-state index in [1.54, 1.807) is 50.5 Å². The Hall–Kier alpha value is -3.40. The maximum atomic E-state index is 13.6. The average molecular weight is 458 g/mol. The molecule has 4 heterocycles. The molecule has 0 bridgehead atoms. The van der Waals surface area contributed by atoms with E-state index in [0.29, 0.717) is 41.6 Å². The lowest BCUT2D eigenvalue weighted by Gasteiger charge is -2.22. The molecular weight excluding hydrogens is 437 g/mol. The minimum atomic E-state index is -4.61. The van der Waals surface area contributed by atoms with E-state index in [1.165, 1.54) is 9.58 Å². The first-order chi connectivity index (χ1) is 15.7. The first-order valence-electron chi connectivity index (χ1n) is 10.5. The molecule has 2 aliphatic rings. The van der Waals surface area contributed by atoms with Crippen molar-refractivity contribution in [3.63, 3.8) is 0 Å². The number of rotatable bonds is 3. The summed E-state index contributed by atoms with van der Waals surface area (Å²) in [6, 6.07) is 8.19. The van der Waals surface area contributed by atoms with Gasteiger partial charge in [-0.3, -0.25) is 9.78 Å². The van der Waals surface area contributed by atoms with E-state index >= 15 is 0 Å². The fourth-order valence-corrected chi connectivity index (χ4v) is 4.25. The summed E-state index contributed by atoms with van der Waals surface area (Å²) < 4.78 is 53.0. The number of carbonyl (C=O) groups excluding carboxylic acids is 1. The number of benzene rings is 1. The van der Waals surface area contributed by atoms with Crippen LogP contribution in [-0.4, -0.2) is 40.9 Å². The van der Waals surface area contributed by atoms with Gasteiger partial charge < -0.3 is 14.4 Å². The monoisotopic (exact) mass is 458 g/mol. The summed E-state index contributed by atoms with van der Waals surface area (Å²) in [5.41, 5.74) is 1.64. The Morgan fingerprint density at radius 1 is 1.27 bits per heavy atom. The first kappa shape index (κ1) is 21.4. The van der Waals surface area contributed by atoms with Gasteiger partial charge in [0.15, 0.2) is 5.69 Å². The van der Waals surface area contributed by atoms with Crippen LogP contribution in [0.3, 0.4) is 0 Å². The van der Waals surface area contributed by atoms with Gasteiger partial charge in [0.25, 0.3) is 5.91 Å². The van der Waals surface area contributed by atoms with Crippen molar-refractivity contribution in [3.8, 4) is 11.4 Å². The van der Waals surface area contributed by atoms with Crippen LogP contribution in [0.5, 0.6) is 5.75 Å². The fourth-order valence-electron chi connectivity index (χ4n) is 4.25. The van der Waals surface area contributed by atoms with Crippen molar-refractivity contribution in [3.05, 3.63) is 64.7 Å². The molecule has 0 saturated heterocycles. The van der Waals surface area contributed by atoms with Gasteiger partial charge in [-0.1, -0.05) is 13.0 Å². The highest BCUT2D eigenvalue weighted by atomic mass is 19.4. The molecule has 172 valence electrons. The second-order valence-electron chi connectivity index (χ2n) is 8.19. The van der Waals surface area contributed by atoms with Crippen molar-refractivity contribution in [1.29, 1.82) is 0 Å². The van der Waals surface area contributed by atoms with Crippen LogP contribution in [0.25, 0.3) is 5.69 Å². The van der Waals surface area contributed by atoms with Gasteiger partial charge in [-0.25, -0.2) is 4.68 Å². The number of carbonyl (C=O) groups is 1. The molecule has 2 aromatic heterocycles. The average Bonchev–Trinajstić information content (AvgIpc) is 3.43. The number of fused-ring (bicyclic) bond motifs is 2. The summed E-state index contributed by atoms with van der Waals surface area (Å²) in [7, 11) is 1.62. The zero-order chi connectivity index (χ0) is 23.3. The van der Waals surface area contributed by atoms with Gasteiger partial charge in [0.05, 0.1) is 48.8 Å². The van der Waals surface area contributed by atoms with Gasteiger partial charge in [-0.2, -0.15) is 18.3 Å². The molecule has 5 rings (SSSR count). The lowest BCUT2D eigenvalue weighted by Crippen LogP contribution is -2.26. The van der Waals surface area contributed by atoms with Crippen LogP contribution in [0.4, 0.5) is 18.9 Å². The summed E-state index contributed by atoms with van der Waals surface area (Å²) in [6.07, 6.45) is -2.27. The Labute approximate surface area is 187 Å². The lowest BCUT2D eigenvalue weighted by atomic mass is 10.00. The SMILES string of the molecule is CC1COCc2c(C(F)(F)F)nn(-c3cccc(C(=O)N(C)c4cnc5c(c4)OCC5)c3)c21. The van der Waals surface area contributed by atoms with Crippen molar-refractivity contribution in [2.75, 3.05) is 25.2 Å². The van der Waals surface area contributed by atoms with Gasteiger partial charge in [0.2, 0.25) is 0 Å². The normalized spacial score (nSPS) is 17.3. The molecule has 33 heavy (non-hydrogen) atoms. The smallest absolute Gasteiger partial charge is 0.435 e. The van der Waals surface area contributed by atoms with E-state index in [9.17, 15) is 18.0 Å². The number of alkyl halides is 3. The number of anilines is 1. The first-order valence-corrected chi connectivity index (χ1v) is 10.5. The molecule has 1 amide bonds. The molecule has 0 radical (unpaired) electrons. The Bertz CT molecular complexity index is 1240. The second kappa shape index (κ2) is 7.87. The number of hydrogen-bond donors (Lipinski definition) is 0. The maximum absolute atomic E-state index is 13.6. The summed E-state index contributed by atoms with van der Waals surface area (Å²) in [4.78, 5) is 19.0. The molecule has 0 fully saturated rings. The van der Waals surface area contributed by atoms with E-state index in [4.69, 9.17) is 9.47 Å². The largest absolute Gasteiger partial charge is 0.491 e. The van der Waals surface area contributed by atoms with Crippen molar-refractivity contribution >= 4 is 11.6 Å². The summed E-state index contributed by atoms with van der Waals surface area (Å²) in [5, 5.41) is 3.89. The summed E-state index contributed by atoms with van der Waals surface area (Å²) >= 11 is 0. The number of amides is 1. The van der Waals surface area contributed by atoms with E-state index < -0.39 is 11.9 Å². The van der Waals surface area contributed by atoms with Crippen LogP contribution >= 0.6 is 0 Å². The zero-order valence-electron chi connectivity index (χ0n) is 18.0. The van der Waals surface area contributed by atoms with Crippen molar-refractivity contribution in [1.82, 2.24) is 14.8 Å². The van der Waals surface area contributed by atoms with Crippen LogP contribution in [0.2, 0.25) is 0 Å². The molecule has 2 aliphatic heterocycles. The molecule has 1 unspecified atom stereocenters. The molecule has 0 N–H and O–H groups in total. The number of halogens is 3.